The van der Waals surface area contributed by atoms with Crippen LogP contribution in [0.25, 0.3) is 0 Å². The van der Waals surface area contributed by atoms with Crippen molar-refractivity contribution >= 4 is 15.9 Å². The monoisotopic (exact) mass is 410 g/mol. The quantitative estimate of drug-likeness (QED) is 0.839. The number of benzene rings is 2. The molecule has 1 amide bonds. The second-order valence-corrected chi connectivity index (χ2v) is 10.7. The van der Waals surface area contributed by atoms with Gasteiger partial charge < -0.3 is 4.90 Å². The number of hydrogen-bond acceptors (Lipinski definition) is 3. The highest BCUT2D eigenvalue weighted by Gasteiger charge is 2.66. The number of nitrogens with two attached hydrogens (primary N) is 1. The molecule has 2 N–H and O–H groups in total. The van der Waals surface area contributed by atoms with Gasteiger partial charge in [-0.05, 0) is 46.9 Å². The second-order valence-electron chi connectivity index (χ2n) is 9.12. The van der Waals surface area contributed by atoms with E-state index in [-0.39, 0.29) is 17.1 Å². The Morgan fingerprint density at radius 2 is 1.69 bits per heavy atom. The van der Waals surface area contributed by atoms with E-state index in [1.807, 2.05) is 30.3 Å². The molecule has 1 aliphatic heterocycles. The molecule has 2 aliphatic carbocycles. The Kier molecular flexibility index (Phi) is 4.16. The average Bonchev–Trinajstić information content (AvgIpc) is 3.07. The molecule has 5 nitrogen and oxygen atoms in total. The number of rotatable bonds is 4. The average molecular weight is 411 g/mol. The normalized spacial score (nSPS) is 28.3. The number of amides is 1. The topological polar surface area (TPSA) is 80.5 Å². The van der Waals surface area contributed by atoms with Gasteiger partial charge in [0.15, 0.2) is 0 Å². The fourth-order valence-corrected chi connectivity index (χ4v) is 6.35. The molecule has 5 rings (SSSR count). The van der Waals surface area contributed by atoms with Gasteiger partial charge >= 0.3 is 0 Å². The summed E-state index contributed by atoms with van der Waals surface area (Å²) < 4.78 is 22.9. The number of carbonyl (C=O) groups is 1. The molecule has 152 valence electrons. The maximum Gasteiger partial charge on any atom is 0.226 e. The van der Waals surface area contributed by atoms with Crippen molar-refractivity contribution in [1.29, 1.82) is 0 Å². The molecule has 1 saturated carbocycles. The van der Waals surface area contributed by atoms with Crippen LogP contribution in [0.5, 0.6) is 0 Å². The summed E-state index contributed by atoms with van der Waals surface area (Å²) in [6.45, 7) is 3.84. The van der Waals surface area contributed by atoms with Crippen LogP contribution in [-0.4, -0.2) is 32.3 Å². The van der Waals surface area contributed by atoms with Crippen LogP contribution in [0, 0.1) is 17.8 Å². The van der Waals surface area contributed by atoms with Gasteiger partial charge in [-0.1, -0.05) is 55.5 Å². The number of piperidine rings is 1. The van der Waals surface area contributed by atoms with Crippen LogP contribution in [-0.2, 0) is 38.8 Å². The molecule has 1 saturated heterocycles. The predicted molar refractivity (Wildman–Crippen MR) is 112 cm³/mol. The van der Waals surface area contributed by atoms with Crippen molar-refractivity contribution in [1.82, 2.24) is 4.90 Å². The summed E-state index contributed by atoms with van der Waals surface area (Å²) in [7, 11) is -3.54. The molecule has 29 heavy (non-hydrogen) atoms. The van der Waals surface area contributed by atoms with Crippen LogP contribution in [0.2, 0.25) is 0 Å². The minimum Gasteiger partial charge on any atom is -0.342 e. The van der Waals surface area contributed by atoms with Crippen molar-refractivity contribution in [3.05, 3.63) is 70.8 Å². The molecule has 0 radical (unpaired) electrons. The number of nitrogens with zero attached hydrogens (tertiary/aromatic N) is 1. The van der Waals surface area contributed by atoms with Crippen LogP contribution in [0.3, 0.4) is 0 Å². The van der Waals surface area contributed by atoms with Gasteiger partial charge in [0.1, 0.15) is 0 Å². The molecule has 2 atom stereocenters. The van der Waals surface area contributed by atoms with Gasteiger partial charge in [0, 0.05) is 24.4 Å². The summed E-state index contributed by atoms with van der Waals surface area (Å²) in [5, 5.41) is 5.21. The lowest BCUT2D eigenvalue weighted by molar-refractivity contribution is -0.134. The first-order valence-electron chi connectivity index (χ1n) is 10.2. The van der Waals surface area contributed by atoms with Gasteiger partial charge in [-0.3, -0.25) is 4.79 Å². The third kappa shape index (κ3) is 3.19. The zero-order valence-electron chi connectivity index (χ0n) is 16.5. The van der Waals surface area contributed by atoms with E-state index in [9.17, 15) is 13.2 Å². The number of likely N-dealkylation sites (tertiary alicyclic amines) is 1. The van der Waals surface area contributed by atoms with Crippen molar-refractivity contribution < 1.29 is 13.2 Å². The summed E-state index contributed by atoms with van der Waals surface area (Å²) in [6.07, 6.45) is 1.71. The van der Waals surface area contributed by atoms with E-state index >= 15 is 0 Å². The first kappa shape index (κ1) is 18.8. The van der Waals surface area contributed by atoms with E-state index in [2.05, 4.69) is 30.0 Å². The highest BCUT2D eigenvalue weighted by Crippen LogP contribution is 2.63. The summed E-state index contributed by atoms with van der Waals surface area (Å²) in [4.78, 5) is 15.1. The minimum atomic E-state index is -3.54. The standard InChI is InChI=1S/C23H26N2O3S/c1-23(19-8-4-5-15(9-19)14-29(24,27)28)20-12-25(13-21(20)23)22(26)18-10-16-6-2-3-7-17(16)11-18/h2-9,18,20-21H,10-14H2,1H3,(H2,24,27,28). The molecule has 0 spiro atoms. The molecular weight excluding hydrogens is 384 g/mol. The van der Waals surface area contributed by atoms with E-state index in [1.165, 1.54) is 11.1 Å². The van der Waals surface area contributed by atoms with Crippen molar-refractivity contribution in [2.24, 2.45) is 22.9 Å². The summed E-state index contributed by atoms with van der Waals surface area (Å²) in [5.41, 5.74) is 4.53. The summed E-state index contributed by atoms with van der Waals surface area (Å²) in [5.74, 6) is 1.12. The Balaban J connectivity index is 1.26. The van der Waals surface area contributed by atoms with Crippen LogP contribution in [0.15, 0.2) is 48.5 Å². The Morgan fingerprint density at radius 3 is 2.28 bits per heavy atom. The smallest absolute Gasteiger partial charge is 0.226 e. The summed E-state index contributed by atoms with van der Waals surface area (Å²) in [6, 6.07) is 16.1. The van der Waals surface area contributed by atoms with Crippen LogP contribution < -0.4 is 5.14 Å². The van der Waals surface area contributed by atoms with Crippen molar-refractivity contribution in [2.75, 3.05) is 13.1 Å². The van der Waals surface area contributed by atoms with Gasteiger partial charge in [-0.2, -0.15) is 0 Å². The molecule has 6 heteroatoms. The van der Waals surface area contributed by atoms with E-state index in [4.69, 9.17) is 5.14 Å². The van der Waals surface area contributed by atoms with Crippen LogP contribution in [0.1, 0.15) is 29.2 Å². The maximum atomic E-state index is 13.1. The van der Waals surface area contributed by atoms with E-state index in [0.29, 0.717) is 17.7 Å². The van der Waals surface area contributed by atoms with Crippen LogP contribution in [0.4, 0.5) is 0 Å². The third-order valence-electron chi connectivity index (χ3n) is 7.38. The lowest BCUT2D eigenvalue weighted by atomic mass is 9.91. The number of sulfonamides is 1. The Labute approximate surface area is 172 Å². The Hall–Kier alpha value is -2.18. The zero-order chi connectivity index (χ0) is 20.4. The number of carbonyl (C=O) groups excluding carboxylic acids is 1. The molecule has 2 unspecified atom stereocenters. The van der Waals surface area contributed by atoms with Crippen LogP contribution >= 0.6 is 0 Å². The molecule has 2 aromatic rings. The first-order chi connectivity index (χ1) is 13.8. The van der Waals surface area contributed by atoms with Crippen molar-refractivity contribution in [3.8, 4) is 0 Å². The molecule has 0 bridgehead atoms. The van der Waals surface area contributed by atoms with Gasteiger partial charge in [0.05, 0.1) is 5.75 Å². The molecule has 2 fully saturated rings. The van der Waals surface area contributed by atoms with Crippen molar-refractivity contribution in [2.45, 2.75) is 30.9 Å². The highest BCUT2D eigenvalue weighted by atomic mass is 32.2. The van der Waals surface area contributed by atoms with Gasteiger partial charge in [0.25, 0.3) is 0 Å². The largest absolute Gasteiger partial charge is 0.342 e. The fraction of sp³-hybridized carbons (Fsp3) is 0.435. The van der Waals surface area contributed by atoms with E-state index in [1.54, 1.807) is 0 Å². The first-order valence-corrected chi connectivity index (χ1v) is 11.9. The number of primary sulfonamides is 1. The number of fused-ring (bicyclic) bond motifs is 2. The number of hydrogen-bond donors (Lipinski definition) is 1. The Bertz CT molecular complexity index is 1060. The van der Waals surface area contributed by atoms with E-state index in [0.717, 1.165) is 37.1 Å². The predicted octanol–water partition coefficient (Wildman–Crippen LogP) is 2.24. The molecule has 3 aliphatic rings. The summed E-state index contributed by atoms with van der Waals surface area (Å²) >= 11 is 0. The fourth-order valence-electron chi connectivity index (χ4n) is 5.71. The molecule has 2 aromatic carbocycles. The maximum absolute atomic E-state index is 13.1. The van der Waals surface area contributed by atoms with E-state index < -0.39 is 10.0 Å². The highest BCUT2D eigenvalue weighted by molar-refractivity contribution is 7.88. The SMILES string of the molecule is CC1(c2cccc(CS(N)(=O)=O)c2)C2CN(C(=O)C3Cc4ccccc4C3)CC21. The minimum absolute atomic E-state index is 0.0176. The van der Waals surface area contributed by atoms with Gasteiger partial charge in [-0.25, -0.2) is 13.6 Å². The lowest BCUT2D eigenvalue weighted by Crippen LogP contribution is -2.38. The van der Waals surface area contributed by atoms with Gasteiger partial charge in [0.2, 0.25) is 15.9 Å². The molecule has 1 heterocycles. The zero-order valence-corrected chi connectivity index (χ0v) is 17.4. The third-order valence-corrected chi connectivity index (χ3v) is 8.12. The molecule has 0 aromatic heterocycles. The molecular formula is C23H26N2O3S. The second kappa shape index (κ2) is 6.41. The lowest BCUT2D eigenvalue weighted by Gasteiger charge is -2.27. The van der Waals surface area contributed by atoms with Crippen molar-refractivity contribution in [3.63, 3.8) is 0 Å². The Morgan fingerprint density at radius 1 is 1.07 bits per heavy atom. The van der Waals surface area contributed by atoms with Gasteiger partial charge in [-0.15, -0.1) is 0 Å².